The number of carbonyl (C=O) groups excluding carboxylic acids is 1. The van der Waals surface area contributed by atoms with Crippen LogP contribution in [-0.2, 0) is 0 Å². The number of halogens is 2. The van der Waals surface area contributed by atoms with Gasteiger partial charge in [-0.15, -0.1) is 0 Å². The molecule has 132 valence electrons. The van der Waals surface area contributed by atoms with E-state index in [0.717, 1.165) is 5.69 Å². The summed E-state index contributed by atoms with van der Waals surface area (Å²) in [6.45, 7) is 0.726. The lowest BCUT2D eigenvalue weighted by atomic mass is 9.97. The van der Waals surface area contributed by atoms with Crippen LogP contribution in [-0.4, -0.2) is 38.4 Å². The van der Waals surface area contributed by atoms with Crippen molar-refractivity contribution in [1.82, 2.24) is 19.4 Å². The number of hydrogen-bond donors (Lipinski definition) is 0. The van der Waals surface area contributed by atoms with Gasteiger partial charge >= 0.3 is 0 Å². The molecule has 1 fully saturated rings. The second kappa shape index (κ2) is 6.67. The summed E-state index contributed by atoms with van der Waals surface area (Å²) < 4.78 is 29.7. The van der Waals surface area contributed by atoms with Crippen molar-refractivity contribution in [3.63, 3.8) is 0 Å². The van der Waals surface area contributed by atoms with Crippen molar-refractivity contribution in [2.45, 2.75) is 12.3 Å². The fourth-order valence-electron chi connectivity index (χ4n) is 3.32. The molecule has 3 heterocycles. The first kappa shape index (κ1) is 16.4. The second-order valence-corrected chi connectivity index (χ2v) is 6.24. The predicted octanol–water partition coefficient (Wildman–Crippen LogP) is 3.18. The van der Waals surface area contributed by atoms with Crippen molar-refractivity contribution in [3.05, 3.63) is 78.1 Å². The Morgan fingerprint density at radius 3 is 2.62 bits per heavy atom. The van der Waals surface area contributed by atoms with Crippen LogP contribution >= 0.6 is 0 Å². The van der Waals surface area contributed by atoms with Gasteiger partial charge in [-0.05, 0) is 30.7 Å². The van der Waals surface area contributed by atoms with Gasteiger partial charge in [0, 0.05) is 37.0 Å². The molecule has 1 saturated heterocycles. The van der Waals surface area contributed by atoms with E-state index in [4.69, 9.17) is 0 Å². The number of hydrogen-bond acceptors (Lipinski definition) is 3. The van der Waals surface area contributed by atoms with Crippen LogP contribution in [0.5, 0.6) is 0 Å². The smallest absolute Gasteiger partial charge is 0.272 e. The third kappa shape index (κ3) is 2.96. The molecule has 0 bridgehead atoms. The zero-order chi connectivity index (χ0) is 18.1. The van der Waals surface area contributed by atoms with Crippen LogP contribution in [0.1, 0.15) is 28.4 Å². The lowest BCUT2D eigenvalue weighted by Gasteiger charge is -2.17. The fraction of sp³-hybridized carbons (Fsp3) is 0.211. The Labute approximate surface area is 148 Å². The number of pyridine rings is 1. The molecule has 0 radical (unpaired) electrons. The van der Waals surface area contributed by atoms with Crippen molar-refractivity contribution in [2.24, 2.45) is 0 Å². The van der Waals surface area contributed by atoms with Gasteiger partial charge in [0.2, 0.25) is 0 Å². The van der Waals surface area contributed by atoms with E-state index in [1.54, 1.807) is 46.5 Å². The molecule has 1 unspecified atom stereocenters. The van der Waals surface area contributed by atoms with Gasteiger partial charge in [-0.1, -0.05) is 6.07 Å². The number of aromatic nitrogens is 3. The molecule has 0 saturated carbocycles. The minimum atomic E-state index is -0.563. The van der Waals surface area contributed by atoms with Crippen LogP contribution < -0.4 is 0 Å². The molecule has 0 spiro atoms. The highest BCUT2D eigenvalue weighted by Gasteiger charge is 2.31. The van der Waals surface area contributed by atoms with Gasteiger partial charge in [0.1, 0.15) is 17.3 Å². The summed E-state index contributed by atoms with van der Waals surface area (Å²) in [5.41, 5.74) is 1.17. The molecule has 4 rings (SSSR count). The Morgan fingerprint density at radius 1 is 1.15 bits per heavy atom. The topological polar surface area (TPSA) is 51.0 Å². The Morgan fingerprint density at radius 2 is 1.96 bits per heavy atom. The number of imidazole rings is 1. The number of benzene rings is 1. The van der Waals surface area contributed by atoms with E-state index in [2.05, 4.69) is 9.97 Å². The molecular weight excluding hydrogens is 338 g/mol. The summed E-state index contributed by atoms with van der Waals surface area (Å²) in [4.78, 5) is 22.4. The molecule has 7 heteroatoms. The van der Waals surface area contributed by atoms with Crippen LogP contribution in [0.15, 0.2) is 55.2 Å². The Hall–Kier alpha value is -3.09. The number of likely N-dealkylation sites (tertiary alicyclic amines) is 1. The second-order valence-electron chi connectivity index (χ2n) is 6.24. The summed E-state index contributed by atoms with van der Waals surface area (Å²) in [5.74, 6) is -1.70. The quantitative estimate of drug-likeness (QED) is 0.726. The van der Waals surface area contributed by atoms with Crippen LogP contribution in [0.2, 0.25) is 0 Å². The number of nitrogens with zero attached hydrogens (tertiary/aromatic N) is 4. The van der Waals surface area contributed by atoms with Gasteiger partial charge in [0.05, 0.1) is 18.2 Å². The van der Waals surface area contributed by atoms with Crippen LogP contribution in [0.4, 0.5) is 8.78 Å². The number of rotatable bonds is 3. The van der Waals surface area contributed by atoms with E-state index >= 15 is 0 Å². The summed E-state index contributed by atoms with van der Waals surface area (Å²) in [5, 5.41) is 0. The van der Waals surface area contributed by atoms with E-state index in [1.807, 2.05) is 0 Å². The molecule has 1 aliphatic heterocycles. The summed E-state index contributed by atoms with van der Waals surface area (Å²) in [6.07, 6.45) is 7.21. The monoisotopic (exact) mass is 354 g/mol. The van der Waals surface area contributed by atoms with Crippen LogP contribution in [0.3, 0.4) is 0 Å². The standard InChI is InChI=1S/C19H16F2N4O/c20-15-2-1-3-16(21)18(15)13-6-8-24(11-13)19(26)17-5-4-14(10-23-17)25-9-7-22-12-25/h1-5,7,9-10,12-13H,6,8,11H2. The molecule has 1 atom stereocenters. The van der Waals surface area contributed by atoms with E-state index in [-0.39, 0.29) is 23.9 Å². The normalized spacial score (nSPS) is 16.8. The van der Waals surface area contributed by atoms with Crippen LogP contribution in [0.25, 0.3) is 5.69 Å². The first-order valence-corrected chi connectivity index (χ1v) is 8.31. The van der Waals surface area contributed by atoms with Crippen molar-refractivity contribution in [2.75, 3.05) is 13.1 Å². The Bertz CT molecular complexity index is 905. The van der Waals surface area contributed by atoms with E-state index < -0.39 is 11.6 Å². The predicted molar refractivity (Wildman–Crippen MR) is 91.0 cm³/mol. The molecule has 1 aromatic carbocycles. The van der Waals surface area contributed by atoms with Crippen molar-refractivity contribution in [3.8, 4) is 5.69 Å². The fourth-order valence-corrected chi connectivity index (χ4v) is 3.32. The zero-order valence-electron chi connectivity index (χ0n) is 13.8. The minimum absolute atomic E-state index is 0.0613. The van der Waals surface area contributed by atoms with Gasteiger partial charge in [-0.25, -0.2) is 18.7 Å². The average Bonchev–Trinajstić information content (AvgIpc) is 3.33. The first-order valence-electron chi connectivity index (χ1n) is 8.31. The maximum absolute atomic E-state index is 14.0. The maximum atomic E-state index is 14.0. The van der Waals surface area contributed by atoms with Gasteiger partial charge < -0.3 is 9.47 Å². The summed E-state index contributed by atoms with van der Waals surface area (Å²) in [6, 6.07) is 7.27. The van der Waals surface area contributed by atoms with E-state index in [1.165, 1.54) is 18.2 Å². The maximum Gasteiger partial charge on any atom is 0.272 e. The molecule has 1 aliphatic rings. The van der Waals surface area contributed by atoms with Gasteiger partial charge in [0.25, 0.3) is 5.91 Å². The highest BCUT2D eigenvalue weighted by atomic mass is 19.1. The number of amides is 1. The van der Waals surface area contributed by atoms with E-state index in [9.17, 15) is 13.6 Å². The third-order valence-corrected chi connectivity index (χ3v) is 4.65. The Kier molecular flexibility index (Phi) is 4.20. The highest BCUT2D eigenvalue weighted by molar-refractivity contribution is 5.92. The van der Waals surface area contributed by atoms with Crippen LogP contribution in [0, 0.1) is 11.6 Å². The largest absolute Gasteiger partial charge is 0.337 e. The molecule has 0 N–H and O–H groups in total. The van der Waals surface area contributed by atoms with Crippen molar-refractivity contribution < 1.29 is 13.6 Å². The minimum Gasteiger partial charge on any atom is -0.337 e. The molecule has 2 aromatic heterocycles. The third-order valence-electron chi connectivity index (χ3n) is 4.65. The van der Waals surface area contributed by atoms with Gasteiger partial charge in [-0.2, -0.15) is 0 Å². The van der Waals surface area contributed by atoms with Crippen molar-refractivity contribution in [1.29, 1.82) is 0 Å². The summed E-state index contributed by atoms with van der Waals surface area (Å²) in [7, 11) is 0. The Balaban J connectivity index is 1.49. The lowest BCUT2D eigenvalue weighted by Crippen LogP contribution is -2.29. The molecule has 26 heavy (non-hydrogen) atoms. The molecular formula is C19H16F2N4O. The van der Waals surface area contributed by atoms with Gasteiger partial charge in [-0.3, -0.25) is 4.79 Å². The molecule has 3 aromatic rings. The molecule has 0 aliphatic carbocycles. The van der Waals surface area contributed by atoms with E-state index in [0.29, 0.717) is 18.7 Å². The lowest BCUT2D eigenvalue weighted by molar-refractivity contribution is 0.0784. The molecule has 5 nitrogen and oxygen atoms in total. The summed E-state index contributed by atoms with van der Waals surface area (Å²) >= 11 is 0. The highest BCUT2D eigenvalue weighted by Crippen LogP contribution is 2.31. The van der Waals surface area contributed by atoms with Gasteiger partial charge in [0.15, 0.2) is 0 Å². The number of carbonyl (C=O) groups is 1. The SMILES string of the molecule is O=C(c1ccc(-n2ccnc2)cn1)N1CCC(c2c(F)cccc2F)C1. The zero-order valence-corrected chi connectivity index (χ0v) is 13.8. The molecule has 1 amide bonds. The average molecular weight is 354 g/mol. The van der Waals surface area contributed by atoms with Crippen molar-refractivity contribution >= 4 is 5.91 Å². The first-order chi connectivity index (χ1) is 12.6.